The molecule has 0 spiro atoms. The predicted octanol–water partition coefficient (Wildman–Crippen LogP) is 3.19. The van der Waals surface area contributed by atoms with E-state index in [4.69, 9.17) is 37.5 Å². The van der Waals surface area contributed by atoms with Crippen LogP contribution in [0.2, 0.25) is 5.02 Å². The first-order valence-electron chi connectivity index (χ1n) is 13.8. The number of amides is 1. The highest BCUT2D eigenvalue weighted by molar-refractivity contribution is 6.30. The lowest BCUT2D eigenvalue weighted by atomic mass is 9.99. The zero-order valence-electron chi connectivity index (χ0n) is 23.8. The van der Waals surface area contributed by atoms with E-state index in [-0.39, 0.29) is 34.7 Å². The molecule has 1 aliphatic rings. The van der Waals surface area contributed by atoms with Crippen molar-refractivity contribution in [3.05, 3.63) is 94.1 Å². The van der Waals surface area contributed by atoms with Crippen LogP contribution in [0, 0.1) is 12.7 Å². The average molecular weight is 624 g/mol. The lowest BCUT2D eigenvalue weighted by Gasteiger charge is -2.40. The molecular formula is C30H31ClFN7O5. The van der Waals surface area contributed by atoms with Crippen molar-refractivity contribution in [1.29, 1.82) is 0 Å². The number of halogens is 2. The van der Waals surface area contributed by atoms with Gasteiger partial charge in [-0.1, -0.05) is 23.7 Å². The molecule has 0 radical (unpaired) electrons. The Morgan fingerprint density at radius 2 is 1.91 bits per heavy atom. The molecule has 2 unspecified atom stereocenters. The SMILES string of the molecule is Cc1cnc(N(C2CCOCC2)C(CN)c2cc(F)cc(Cl)c2)nc1-n1ccnc1OC(=O)C(O)c1ccc(C(N)=O)cc1. The highest BCUT2D eigenvalue weighted by Gasteiger charge is 2.32. The first-order valence-corrected chi connectivity index (χ1v) is 14.2. The number of aliphatic hydroxyl groups excluding tert-OH is 1. The Kier molecular flexibility index (Phi) is 9.49. The van der Waals surface area contributed by atoms with Crippen molar-refractivity contribution in [1.82, 2.24) is 19.5 Å². The number of rotatable bonds is 10. The van der Waals surface area contributed by atoms with Crippen LogP contribution < -0.4 is 21.1 Å². The molecule has 3 heterocycles. The number of ether oxygens (including phenoxy) is 2. The van der Waals surface area contributed by atoms with E-state index >= 15 is 0 Å². The van der Waals surface area contributed by atoms with Crippen molar-refractivity contribution in [3.63, 3.8) is 0 Å². The number of aryl methyl sites for hydroxylation is 1. The van der Waals surface area contributed by atoms with Gasteiger partial charge in [-0.15, -0.1) is 0 Å². The second-order valence-corrected chi connectivity index (χ2v) is 10.7. The number of hydrogen-bond donors (Lipinski definition) is 3. The lowest BCUT2D eigenvalue weighted by molar-refractivity contribution is -0.144. The Hall–Kier alpha value is -4.43. The van der Waals surface area contributed by atoms with Crippen LogP contribution in [0.5, 0.6) is 6.01 Å². The van der Waals surface area contributed by atoms with Gasteiger partial charge >= 0.3 is 12.0 Å². The second-order valence-electron chi connectivity index (χ2n) is 10.3. The van der Waals surface area contributed by atoms with Gasteiger partial charge in [-0.05, 0) is 61.2 Å². The van der Waals surface area contributed by atoms with Gasteiger partial charge in [0.05, 0.1) is 6.04 Å². The molecule has 2 atom stereocenters. The molecule has 1 fully saturated rings. The molecule has 2 aromatic heterocycles. The van der Waals surface area contributed by atoms with Gasteiger partial charge in [-0.3, -0.25) is 9.36 Å². The van der Waals surface area contributed by atoms with Gasteiger partial charge in [0.1, 0.15) is 11.6 Å². The number of primary amides is 1. The summed E-state index contributed by atoms with van der Waals surface area (Å²) in [4.78, 5) is 39.8. The topological polar surface area (TPSA) is 172 Å². The molecule has 5 rings (SSSR count). The largest absolute Gasteiger partial charge is 0.390 e. The first kappa shape index (κ1) is 31.0. The number of nitrogens with zero attached hydrogens (tertiary/aromatic N) is 5. The Labute approximate surface area is 257 Å². The van der Waals surface area contributed by atoms with Crippen LogP contribution in [-0.4, -0.2) is 62.3 Å². The van der Waals surface area contributed by atoms with Crippen LogP contribution in [0.15, 0.2) is 61.1 Å². The van der Waals surface area contributed by atoms with E-state index in [1.807, 2.05) is 4.90 Å². The third kappa shape index (κ3) is 6.70. The highest BCUT2D eigenvalue weighted by Crippen LogP contribution is 2.33. The molecule has 0 bridgehead atoms. The fraction of sp³-hybridized carbons (Fsp3) is 0.300. The fourth-order valence-corrected chi connectivity index (χ4v) is 5.36. The van der Waals surface area contributed by atoms with Gasteiger partial charge in [0, 0.05) is 60.5 Å². The van der Waals surface area contributed by atoms with Crippen LogP contribution in [0.4, 0.5) is 10.3 Å². The summed E-state index contributed by atoms with van der Waals surface area (Å²) in [5.74, 6) is -1.44. The first-order chi connectivity index (χ1) is 21.2. The van der Waals surface area contributed by atoms with Gasteiger partial charge in [0.15, 0.2) is 6.10 Å². The van der Waals surface area contributed by atoms with E-state index in [0.717, 1.165) is 0 Å². The molecular weight excluding hydrogens is 593 g/mol. The number of aliphatic hydroxyl groups is 1. The van der Waals surface area contributed by atoms with Crippen LogP contribution in [0.25, 0.3) is 5.82 Å². The van der Waals surface area contributed by atoms with Crippen molar-refractivity contribution < 1.29 is 28.6 Å². The van der Waals surface area contributed by atoms with Gasteiger partial charge in [0.2, 0.25) is 11.9 Å². The molecule has 12 nitrogen and oxygen atoms in total. The summed E-state index contributed by atoms with van der Waals surface area (Å²) in [6.07, 6.45) is 4.28. The smallest absolute Gasteiger partial charge is 0.347 e. The standard InChI is InChI=1S/C30H31ClFN7O5/c1-17-16-36-29(39(23-6-10-43-11-7-23)24(15-33)20-12-21(31)14-22(32)13-20)37-27(17)38-9-8-35-30(38)44-28(42)25(40)18-2-4-19(5-3-18)26(34)41/h2-5,8-9,12-14,16,23-25,40H,6-7,10-11,15,33H2,1H3,(H2,34,41). The van der Waals surface area contributed by atoms with Gasteiger partial charge < -0.3 is 30.9 Å². The number of hydrogen-bond acceptors (Lipinski definition) is 10. The Bertz CT molecular complexity index is 1620. The molecule has 14 heteroatoms. The Balaban J connectivity index is 1.48. The van der Waals surface area contributed by atoms with E-state index in [1.54, 1.807) is 25.4 Å². The minimum Gasteiger partial charge on any atom is -0.390 e. The lowest BCUT2D eigenvalue weighted by Crippen LogP contribution is -2.45. The monoisotopic (exact) mass is 623 g/mol. The quantitative estimate of drug-likeness (QED) is 0.223. The zero-order chi connectivity index (χ0) is 31.4. The van der Waals surface area contributed by atoms with Gasteiger partial charge in [0.25, 0.3) is 0 Å². The Morgan fingerprint density at radius 1 is 1.18 bits per heavy atom. The molecule has 230 valence electrons. The van der Waals surface area contributed by atoms with Crippen LogP contribution in [0.3, 0.4) is 0 Å². The van der Waals surface area contributed by atoms with Gasteiger partial charge in [-0.2, -0.15) is 4.98 Å². The minimum absolute atomic E-state index is 0.0777. The van der Waals surface area contributed by atoms with Crippen LogP contribution in [0.1, 0.15) is 52.0 Å². The molecule has 1 aliphatic heterocycles. The van der Waals surface area contributed by atoms with E-state index in [2.05, 4.69) is 9.97 Å². The van der Waals surface area contributed by atoms with Crippen molar-refractivity contribution in [3.8, 4) is 11.8 Å². The molecule has 1 amide bonds. The molecule has 1 saturated heterocycles. The van der Waals surface area contributed by atoms with Crippen LogP contribution in [-0.2, 0) is 9.53 Å². The number of nitrogens with two attached hydrogens (primary N) is 2. The normalized spacial score (nSPS) is 15.0. The zero-order valence-corrected chi connectivity index (χ0v) is 24.5. The van der Waals surface area contributed by atoms with E-state index < -0.39 is 29.8 Å². The van der Waals surface area contributed by atoms with E-state index in [0.29, 0.717) is 48.9 Å². The third-order valence-corrected chi connectivity index (χ3v) is 7.56. The third-order valence-electron chi connectivity index (χ3n) is 7.34. The predicted molar refractivity (Wildman–Crippen MR) is 159 cm³/mol. The number of esters is 1. The molecule has 5 N–H and O–H groups in total. The van der Waals surface area contributed by atoms with Crippen LogP contribution >= 0.6 is 11.6 Å². The van der Waals surface area contributed by atoms with E-state index in [9.17, 15) is 19.1 Å². The summed E-state index contributed by atoms with van der Waals surface area (Å²) < 4.78 is 26.9. The minimum atomic E-state index is -1.66. The maximum atomic E-state index is 14.4. The number of carbonyl (C=O) groups is 2. The number of aromatic nitrogens is 4. The summed E-state index contributed by atoms with van der Waals surface area (Å²) in [6.45, 7) is 2.95. The number of benzene rings is 2. The number of imidazole rings is 1. The molecule has 0 aliphatic carbocycles. The molecule has 4 aromatic rings. The molecule has 2 aromatic carbocycles. The average Bonchev–Trinajstić information content (AvgIpc) is 3.47. The Morgan fingerprint density at radius 3 is 2.57 bits per heavy atom. The van der Waals surface area contributed by atoms with Gasteiger partial charge in [-0.25, -0.2) is 19.2 Å². The maximum Gasteiger partial charge on any atom is 0.347 e. The molecule has 0 saturated carbocycles. The second kappa shape index (κ2) is 13.5. The summed E-state index contributed by atoms with van der Waals surface area (Å²) in [5.41, 5.74) is 13.2. The van der Waals surface area contributed by atoms with Crippen molar-refractivity contribution in [2.24, 2.45) is 11.5 Å². The number of anilines is 1. The maximum absolute atomic E-state index is 14.4. The summed E-state index contributed by atoms with van der Waals surface area (Å²) >= 11 is 6.20. The summed E-state index contributed by atoms with van der Waals surface area (Å²) in [7, 11) is 0. The van der Waals surface area contributed by atoms with Crippen molar-refractivity contribution in [2.75, 3.05) is 24.7 Å². The highest BCUT2D eigenvalue weighted by atomic mass is 35.5. The number of carbonyl (C=O) groups excluding carboxylic acids is 2. The van der Waals surface area contributed by atoms with E-state index in [1.165, 1.54) is 47.2 Å². The fourth-order valence-electron chi connectivity index (χ4n) is 5.13. The molecule has 44 heavy (non-hydrogen) atoms. The summed E-state index contributed by atoms with van der Waals surface area (Å²) in [6, 6.07) is 9.18. The van der Waals surface area contributed by atoms with Crippen molar-refractivity contribution >= 4 is 29.4 Å². The summed E-state index contributed by atoms with van der Waals surface area (Å²) in [5, 5.41) is 10.9. The van der Waals surface area contributed by atoms with Crippen molar-refractivity contribution in [2.45, 2.75) is 38.0 Å².